The van der Waals surface area contributed by atoms with Gasteiger partial charge in [0, 0.05) is 5.56 Å². The number of hydrogen-bond acceptors (Lipinski definition) is 4. The quantitative estimate of drug-likeness (QED) is 0.531. The molecular weight excluding hydrogens is 302 g/mol. The summed E-state index contributed by atoms with van der Waals surface area (Å²) in [6.07, 6.45) is -0.882. The van der Waals surface area contributed by atoms with Gasteiger partial charge in [-0.25, -0.2) is 4.79 Å². The Morgan fingerprint density at radius 1 is 1.09 bits per heavy atom. The first-order valence-electron chi connectivity index (χ1n) is 6.75. The molecule has 0 aromatic heterocycles. The van der Waals surface area contributed by atoms with Crippen molar-refractivity contribution in [3.05, 3.63) is 64.2 Å². The van der Waals surface area contributed by atoms with Crippen LogP contribution in [0.2, 0.25) is 5.02 Å². The van der Waals surface area contributed by atoms with Crippen LogP contribution in [0.4, 0.5) is 5.69 Å². The number of nitrogens with two attached hydrogens (primary N) is 1. The average molecular weight is 318 g/mol. The Morgan fingerprint density at radius 3 is 2.27 bits per heavy atom. The number of carbonyl (C=O) groups excluding carboxylic acids is 2. The fourth-order valence-corrected chi connectivity index (χ4v) is 2.02. The molecule has 0 saturated carbocycles. The SMILES string of the molecule is Cc1ccc(C(=O)C(C)OC(=O)c2ccc(Cl)c(N)c2)cc1. The van der Waals surface area contributed by atoms with Gasteiger partial charge in [0.1, 0.15) is 0 Å². The molecule has 2 N–H and O–H groups in total. The molecule has 0 amide bonds. The first kappa shape index (κ1) is 16.0. The van der Waals surface area contributed by atoms with Gasteiger partial charge in [0.05, 0.1) is 16.3 Å². The van der Waals surface area contributed by atoms with Crippen molar-refractivity contribution in [3.8, 4) is 0 Å². The average Bonchev–Trinajstić information content (AvgIpc) is 2.50. The highest BCUT2D eigenvalue weighted by atomic mass is 35.5. The van der Waals surface area contributed by atoms with Gasteiger partial charge in [-0.3, -0.25) is 4.79 Å². The molecule has 0 bridgehead atoms. The number of ether oxygens (including phenoxy) is 1. The second-order valence-electron chi connectivity index (χ2n) is 5.01. The van der Waals surface area contributed by atoms with E-state index in [-0.39, 0.29) is 17.0 Å². The number of benzene rings is 2. The molecule has 22 heavy (non-hydrogen) atoms. The van der Waals surface area contributed by atoms with Crippen LogP contribution in [-0.2, 0) is 4.74 Å². The lowest BCUT2D eigenvalue weighted by Gasteiger charge is -2.13. The number of anilines is 1. The second kappa shape index (κ2) is 6.62. The zero-order chi connectivity index (χ0) is 16.3. The highest BCUT2D eigenvalue weighted by Crippen LogP contribution is 2.20. The summed E-state index contributed by atoms with van der Waals surface area (Å²) in [5.74, 6) is -0.869. The molecule has 114 valence electrons. The Hall–Kier alpha value is -2.33. The Bertz CT molecular complexity index is 710. The minimum absolute atomic E-state index is 0.254. The lowest BCUT2D eigenvalue weighted by Crippen LogP contribution is -2.24. The molecule has 5 heteroatoms. The van der Waals surface area contributed by atoms with E-state index in [1.807, 2.05) is 19.1 Å². The number of aryl methyl sites for hydroxylation is 1. The molecule has 2 rings (SSSR count). The molecule has 0 heterocycles. The molecule has 1 atom stereocenters. The summed E-state index contributed by atoms with van der Waals surface area (Å²) in [6.45, 7) is 3.47. The Labute approximate surface area is 133 Å². The molecule has 2 aromatic rings. The second-order valence-corrected chi connectivity index (χ2v) is 5.42. The van der Waals surface area contributed by atoms with Crippen molar-refractivity contribution in [1.82, 2.24) is 0 Å². The molecule has 0 saturated heterocycles. The molecule has 2 aromatic carbocycles. The third kappa shape index (κ3) is 3.65. The number of esters is 1. The maximum Gasteiger partial charge on any atom is 0.338 e. The van der Waals surface area contributed by atoms with Crippen LogP contribution in [0, 0.1) is 6.92 Å². The maximum absolute atomic E-state index is 12.2. The monoisotopic (exact) mass is 317 g/mol. The summed E-state index contributed by atoms with van der Waals surface area (Å²) in [7, 11) is 0. The molecule has 0 radical (unpaired) electrons. The van der Waals surface area contributed by atoms with E-state index in [1.165, 1.54) is 18.2 Å². The molecule has 0 aliphatic carbocycles. The van der Waals surface area contributed by atoms with Gasteiger partial charge in [-0.2, -0.15) is 0 Å². The van der Waals surface area contributed by atoms with Crippen LogP contribution < -0.4 is 5.73 Å². The van der Waals surface area contributed by atoms with Gasteiger partial charge >= 0.3 is 5.97 Å². The third-order valence-electron chi connectivity index (χ3n) is 3.22. The lowest BCUT2D eigenvalue weighted by atomic mass is 10.1. The van der Waals surface area contributed by atoms with Crippen LogP contribution in [0.1, 0.15) is 33.2 Å². The van der Waals surface area contributed by atoms with Gasteiger partial charge in [-0.05, 0) is 32.0 Å². The zero-order valence-electron chi connectivity index (χ0n) is 12.3. The summed E-state index contributed by atoms with van der Waals surface area (Å²) in [6, 6.07) is 11.5. The van der Waals surface area contributed by atoms with E-state index in [4.69, 9.17) is 22.1 Å². The largest absolute Gasteiger partial charge is 0.451 e. The van der Waals surface area contributed by atoms with E-state index in [2.05, 4.69) is 0 Å². The van der Waals surface area contributed by atoms with E-state index >= 15 is 0 Å². The number of carbonyl (C=O) groups is 2. The first-order chi connectivity index (χ1) is 10.4. The maximum atomic E-state index is 12.2. The molecule has 0 spiro atoms. The van der Waals surface area contributed by atoms with Crippen LogP contribution >= 0.6 is 11.6 Å². The lowest BCUT2D eigenvalue weighted by molar-refractivity contribution is 0.0319. The number of rotatable bonds is 4. The highest BCUT2D eigenvalue weighted by molar-refractivity contribution is 6.33. The number of halogens is 1. The predicted octanol–water partition coefficient (Wildman–Crippen LogP) is 3.66. The molecular formula is C17H16ClNO3. The van der Waals surface area contributed by atoms with Gasteiger partial charge < -0.3 is 10.5 Å². The van der Waals surface area contributed by atoms with Crippen LogP contribution in [0.3, 0.4) is 0 Å². The molecule has 1 unspecified atom stereocenters. The van der Waals surface area contributed by atoms with E-state index in [0.717, 1.165) is 5.56 Å². The van der Waals surface area contributed by atoms with E-state index < -0.39 is 12.1 Å². The van der Waals surface area contributed by atoms with Gasteiger partial charge in [-0.15, -0.1) is 0 Å². The predicted molar refractivity (Wildman–Crippen MR) is 86.3 cm³/mol. The third-order valence-corrected chi connectivity index (χ3v) is 3.57. The number of hydrogen-bond donors (Lipinski definition) is 1. The number of Topliss-reactive ketones (excluding diaryl/α,β-unsaturated/α-hetero) is 1. The van der Waals surface area contributed by atoms with Gasteiger partial charge in [-0.1, -0.05) is 41.4 Å². The summed E-state index contributed by atoms with van der Waals surface area (Å²) in [4.78, 5) is 24.3. The normalized spacial score (nSPS) is 11.8. The summed E-state index contributed by atoms with van der Waals surface area (Å²) < 4.78 is 5.19. The van der Waals surface area contributed by atoms with Crippen LogP contribution in [0.5, 0.6) is 0 Å². The van der Waals surface area contributed by atoms with E-state index in [1.54, 1.807) is 19.1 Å². The van der Waals surface area contributed by atoms with Gasteiger partial charge in [0.2, 0.25) is 5.78 Å². The summed E-state index contributed by atoms with van der Waals surface area (Å²) in [5, 5.41) is 0.361. The van der Waals surface area contributed by atoms with Crippen molar-refractivity contribution in [3.63, 3.8) is 0 Å². The van der Waals surface area contributed by atoms with Crippen LogP contribution in [-0.4, -0.2) is 17.9 Å². The fraction of sp³-hybridized carbons (Fsp3) is 0.176. The number of ketones is 1. The Morgan fingerprint density at radius 2 is 1.68 bits per heavy atom. The summed E-state index contributed by atoms with van der Waals surface area (Å²) in [5.41, 5.74) is 7.74. The topological polar surface area (TPSA) is 69.4 Å². The fourth-order valence-electron chi connectivity index (χ4n) is 1.91. The first-order valence-corrected chi connectivity index (χ1v) is 7.13. The smallest absolute Gasteiger partial charge is 0.338 e. The van der Waals surface area contributed by atoms with Crippen molar-refractivity contribution < 1.29 is 14.3 Å². The molecule has 0 aliphatic heterocycles. The number of nitrogen functional groups attached to an aromatic ring is 1. The summed E-state index contributed by atoms with van der Waals surface area (Å²) >= 11 is 5.80. The highest BCUT2D eigenvalue weighted by Gasteiger charge is 2.20. The molecule has 4 nitrogen and oxygen atoms in total. The van der Waals surface area contributed by atoms with Crippen molar-refractivity contribution in [2.24, 2.45) is 0 Å². The van der Waals surface area contributed by atoms with Gasteiger partial charge in [0.15, 0.2) is 6.10 Å². The van der Waals surface area contributed by atoms with Crippen molar-refractivity contribution in [2.75, 3.05) is 5.73 Å². The minimum atomic E-state index is -0.882. The van der Waals surface area contributed by atoms with Crippen LogP contribution in [0.15, 0.2) is 42.5 Å². The standard InChI is InChI=1S/C17H16ClNO3/c1-10-3-5-12(6-4-10)16(20)11(2)22-17(21)13-7-8-14(18)15(19)9-13/h3-9,11H,19H2,1-2H3. The van der Waals surface area contributed by atoms with Crippen molar-refractivity contribution in [2.45, 2.75) is 20.0 Å². The van der Waals surface area contributed by atoms with E-state index in [0.29, 0.717) is 10.6 Å². The Kier molecular flexibility index (Phi) is 4.83. The van der Waals surface area contributed by atoms with Crippen molar-refractivity contribution >= 4 is 29.0 Å². The van der Waals surface area contributed by atoms with Crippen LogP contribution in [0.25, 0.3) is 0 Å². The van der Waals surface area contributed by atoms with E-state index in [9.17, 15) is 9.59 Å². The Balaban J connectivity index is 2.08. The van der Waals surface area contributed by atoms with Crippen molar-refractivity contribution in [1.29, 1.82) is 0 Å². The molecule has 0 fully saturated rings. The van der Waals surface area contributed by atoms with Gasteiger partial charge in [0.25, 0.3) is 0 Å². The zero-order valence-corrected chi connectivity index (χ0v) is 13.1. The molecule has 0 aliphatic rings. The minimum Gasteiger partial charge on any atom is -0.451 e.